The third-order valence-corrected chi connectivity index (χ3v) is 7.83. The molecule has 0 amide bonds. The Labute approximate surface area is 202 Å². The molecule has 2 rings (SSSR count). The second kappa shape index (κ2) is 14.1. The summed E-state index contributed by atoms with van der Waals surface area (Å²) in [5, 5.41) is 8.90. The molecule has 1 saturated heterocycles. The number of hydrogen-bond donors (Lipinski definition) is 0. The summed E-state index contributed by atoms with van der Waals surface area (Å²) >= 11 is 1.49. The molecule has 1 aromatic carbocycles. The van der Waals surface area contributed by atoms with Crippen LogP contribution in [0.5, 0.6) is 5.75 Å². The number of benzene rings is 1. The largest absolute Gasteiger partial charge is 0.513 e. The number of nitrogens with zero attached hydrogens (tertiary/aromatic N) is 2. The lowest BCUT2D eigenvalue weighted by molar-refractivity contribution is -0.0268. The summed E-state index contributed by atoms with van der Waals surface area (Å²) in [7, 11) is -1.42. The molecule has 0 radical (unpaired) electrons. The van der Waals surface area contributed by atoms with Crippen LogP contribution < -0.4 is 4.74 Å². The maximum atomic E-state index is 12.3. The summed E-state index contributed by atoms with van der Waals surface area (Å²) in [5.74, 6) is 0.461. The van der Waals surface area contributed by atoms with Crippen LogP contribution in [0, 0.1) is 11.3 Å². The lowest BCUT2D eigenvalue weighted by Crippen LogP contribution is -2.37. The Morgan fingerprint density at radius 2 is 2.00 bits per heavy atom. The first-order valence-electron chi connectivity index (χ1n) is 11.1. The predicted octanol–water partition coefficient (Wildman–Crippen LogP) is 5.76. The number of ether oxygens (including phenoxy) is 3. The van der Waals surface area contributed by atoms with Crippen molar-refractivity contribution in [1.82, 2.24) is 4.67 Å². The van der Waals surface area contributed by atoms with Crippen LogP contribution in [0.25, 0.3) is 0 Å². The molecule has 0 aromatic heterocycles. The zero-order chi connectivity index (χ0) is 24.4. The fourth-order valence-electron chi connectivity index (χ4n) is 3.56. The molecule has 1 aromatic rings. The second-order valence-electron chi connectivity index (χ2n) is 8.23. The van der Waals surface area contributed by atoms with Gasteiger partial charge in [0.25, 0.3) is 8.53 Å². The maximum Gasteiger partial charge on any atom is 0.513 e. The molecule has 184 valence electrons. The Morgan fingerprint density at radius 3 is 2.64 bits per heavy atom. The van der Waals surface area contributed by atoms with Crippen molar-refractivity contribution in [2.75, 3.05) is 19.5 Å². The lowest BCUT2D eigenvalue weighted by atomic mass is 10.1. The van der Waals surface area contributed by atoms with Gasteiger partial charge in [-0.3, -0.25) is 0 Å². The highest BCUT2D eigenvalue weighted by Gasteiger charge is 2.39. The third-order valence-electron chi connectivity index (χ3n) is 4.90. The van der Waals surface area contributed by atoms with Crippen molar-refractivity contribution in [3.63, 3.8) is 0 Å². The number of thioether (sulfide) groups is 1. The number of hydrogen-bond acceptors (Lipinski definition) is 9. The van der Waals surface area contributed by atoms with E-state index in [-0.39, 0.29) is 30.9 Å². The summed E-state index contributed by atoms with van der Waals surface area (Å²) in [6, 6.07) is 9.78. The van der Waals surface area contributed by atoms with Crippen LogP contribution in [-0.2, 0) is 18.5 Å². The minimum atomic E-state index is -1.42. The van der Waals surface area contributed by atoms with E-state index in [0.717, 1.165) is 4.90 Å². The molecule has 1 aliphatic rings. The van der Waals surface area contributed by atoms with Crippen LogP contribution in [-0.4, -0.2) is 60.7 Å². The highest BCUT2D eigenvalue weighted by Crippen LogP contribution is 2.49. The molecule has 0 saturated carbocycles. The van der Waals surface area contributed by atoms with Crippen LogP contribution in [0.15, 0.2) is 29.2 Å². The normalized spacial score (nSPS) is 21.4. The van der Waals surface area contributed by atoms with Gasteiger partial charge in [-0.05, 0) is 53.0 Å². The smallest absolute Gasteiger partial charge is 0.431 e. The van der Waals surface area contributed by atoms with Crippen molar-refractivity contribution in [2.24, 2.45) is 0 Å². The van der Waals surface area contributed by atoms with Crippen LogP contribution in [0.1, 0.15) is 47.5 Å². The number of para-hydroxylation sites is 1. The van der Waals surface area contributed by atoms with E-state index < -0.39 is 20.8 Å². The molecule has 10 heteroatoms. The Hall–Kier alpha value is -1.40. The Morgan fingerprint density at radius 1 is 1.30 bits per heavy atom. The van der Waals surface area contributed by atoms with Gasteiger partial charge in [0.05, 0.1) is 36.2 Å². The van der Waals surface area contributed by atoms with Crippen LogP contribution in [0.2, 0.25) is 0 Å². The lowest BCUT2D eigenvalue weighted by Gasteiger charge is -2.37. The maximum absolute atomic E-state index is 12.3. The fraction of sp³-hybridized carbons (Fsp3) is 0.652. The molecule has 1 fully saturated rings. The van der Waals surface area contributed by atoms with E-state index in [1.54, 1.807) is 12.1 Å². The quantitative estimate of drug-likeness (QED) is 0.117. The average molecular weight is 499 g/mol. The molecular formula is C23H35N2O6PS. The Bertz CT molecular complexity index is 782. The van der Waals surface area contributed by atoms with Crippen LogP contribution >= 0.6 is 20.3 Å². The van der Waals surface area contributed by atoms with Crippen molar-refractivity contribution in [1.29, 1.82) is 5.26 Å². The van der Waals surface area contributed by atoms with E-state index in [9.17, 15) is 4.79 Å². The van der Waals surface area contributed by atoms with Crippen molar-refractivity contribution >= 4 is 26.4 Å². The van der Waals surface area contributed by atoms with Gasteiger partial charge in [-0.25, -0.2) is 9.46 Å². The molecule has 0 aliphatic carbocycles. The third kappa shape index (κ3) is 8.71. The first kappa shape index (κ1) is 27.8. The average Bonchev–Trinajstić information content (AvgIpc) is 3.11. The minimum Gasteiger partial charge on any atom is -0.431 e. The molecule has 2 unspecified atom stereocenters. The SMILES string of the molecule is CSc1ccccc1OC(=O)OC[C@H]1O[C@@H](C)CC1OP(OCCC#N)N(C(C)C)C(C)C. The Kier molecular flexibility index (Phi) is 11.9. The van der Waals surface area contributed by atoms with Gasteiger partial charge < -0.3 is 23.3 Å². The summed E-state index contributed by atoms with van der Waals surface area (Å²) in [4.78, 5) is 13.2. The summed E-state index contributed by atoms with van der Waals surface area (Å²) in [6.45, 7) is 10.6. The topological polar surface area (TPSA) is 90.3 Å². The summed E-state index contributed by atoms with van der Waals surface area (Å²) < 4.78 is 31.3. The molecule has 0 spiro atoms. The monoisotopic (exact) mass is 498 g/mol. The van der Waals surface area contributed by atoms with Gasteiger partial charge in [-0.1, -0.05) is 12.1 Å². The zero-order valence-corrected chi connectivity index (χ0v) is 21.9. The van der Waals surface area contributed by atoms with Gasteiger partial charge in [-0.15, -0.1) is 11.8 Å². The van der Waals surface area contributed by atoms with E-state index in [1.165, 1.54) is 11.8 Å². The highest BCUT2D eigenvalue weighted by molar-refractivity contribution is 7.98. The summed E-state index contributed by atoms with van der Waals surface area (Å²) in [6.07, 6.45) is 1.30. The van der Waals surface area contributed by atoms with Gasteiger partial charge in [-0.2, -0.15) is 5.26 Å². The van der Waals surface area contributed by atoms with Crippen molar-refractivity contribution in [2.45, 2.75) is 82.8 Å². The van der Waals surface area contributed by atoms with Gasteiger partial charge in [0, 0.05) is 18.5 Å². The van der Waals surface area contributed by atoms with Gasteiger partial charge in [0.15, 0.2) is 0 Å². The number of nitriles is 1. The van der Waals surface area contributed by atoms with Crippen molar-refractivity contribution in [3.05, 3.63) is 24.3 Å². The molecule has 1 aliphatic heterocycles. The van der Waals surface area contributed by atoms with Crippen LogP contribution in [0.4, 0.5) is 4.79 Å². The van der Waals surface area contributed by atoms with Gasteiger partial charge >= 0.3 is 6.16 Å². The van der Waals surface area contributed by atoms with E-state index in [1.807, 2.05) is 25.3 Å². The number of carbonyl (C=O) groups is 1. The number of carbonyl (C=O) groups excluding carboxylic acids is 1. The standard InChI is InChI=1S/C23H35N2O6PS/c1-16(2)25(17(3)4)32(28-13-9-12-24)31-20-14-18(5)29-21(20)15-27-23(26)30-19-10-7-8-11-22(19)33-6/h7-8,10-11,16-18,20-21H,9,13-15H2,1-6H3/t18-,20?,21+,32?/m0/s1. The molecular weight excluding hydrogens is 463 g/mol. The van der Waals surface area contributed by atoms with E-state index in [4.69, 9.17) is 28.5 Å². The highest BCUT2D eigenvalue weighted by atomic mass is 32.2. The molecule has 1 heterocycles. The molecule has 4 atom stereocenters. The second-order valence-corrected chi connectivity index (χ2v) is 10.5. The minimum absolute atomic E-state index is 0.0139. The first-order valence-corrected chi connectivity index (χ1v) is 13.5. The molecule has 33 heavy (non-hydrogen) atoms. The van der Waals surface area contributed by atoms with E-state index in [2.05, 4.69) is 38.4 Å². The molecule has 8 nitrogen and oxygen atoms in total. The van der Waals surface area contributed by atoms with Crippen LogP contribution in [0.3, 0.4) is 0 Å². The van der Waals surface area contributed by atoms with E-state index in [0.29, 0.717) is 25.2 Å². The van der Waals surface area contributed by atoms with Gasteiger partial charge in [0.1, 0.15) is 18.5 Å². The molecule has 0 N–H and O–H groups in total. The first-order chi connectivity index (χ1) is 15.8. The summed E-state index contributed by atoms with van der Waals surface area (Å²) in [5.41, 5.74) is 0. The van der Waals surface area contributed by atoms with Crippen molar-refractivity contribution in [3.8, 4) is 11.8 Å². The predicted molar refractivity (Wildman–Crippen MR) is 129 cm³/mol. The molecule has 0 bridgehead atoms. The van der Waals surface area contributed by atoms with Gasteiger partial charge in [0.2, 0.25) is 0 Å². The van der Waals surface area contributed by atoms with Crippen molar-refractivity contribution < 1.29 is 28.1 Å². The Balaban J connectivity index is 2.02. The number of rotatable bonds is 12. The zero-order valence-electron chi connectivity index (χ0n) is 20.2. The fourth-order valence-corrected chi connectivity index (χ4v) is 5.84. The van der Waals surface area contributed by atoms with E-state index >= 15 is 0 Å².